The molecule has 0 saturated heterocycles. The van der Waals surface area contributed by atoms with Crippen LogP contribution in [0, 0.1) is 0 Å². The number of nitrogens with two attached hydrogens (primary N) is 1. The van der Waals surface area contributed by atoms with Crippen molar-refractivity contribution in [1.82, 2.24) is 0 Å². The van der Waals surface area contributed by atoms with Gasteiger partial charge in [-0.1, -0.05) is 171 Å². The van der Waals surface area contributed by atoms with E-state index in [1.807, 2.05) is 12.2 Å². The molecule has 0 aromatic heterocycles. The molecule has 0 rings (SSSR count). The number of phosphoric acid groups is 1. The van der Waals surface area contributed by atoms with Crippen LogP contribution in [0.3, 0.4) is 0 Å². The molecule has 0 bridgehead atoms. The predicted octanol–water partition coefficient (Wildman–Crippen LogP) is 11.6. The molecule has 3 atom stereocenters. The second-order valence-corrected chi connectivity index (χ2v) is 15.9. The first-order valence-electron chi connectivity index (χ1n) is 21.8. The summed E-state index contributed by atoms with van der Waals surface area (Å²) in [5.41, 5.74) is 5.33. The Hall–Kier alpha value is -2.82. The van der Waals surface area contributed by atoms with Crippen LogP contribution >= 0.6 is 7.82 Å². The van der Waals surface area contributed by atoms with Gasteiger partial charge in [-0.2, -0.15) is 0 Å². The van der Waals surface area contributed by atoms with Crippen molar-refractivity contribution in [3.05, 3.63) is 60.8 Å². The molecule has 0 radical (unpaired) electrons. The van der Waals surface area contributed by atoms with Crippen LogP contribution in [0.15, 0.2) is 60.8 Å². The van der Waals surface area contributed by atoms with Crippen molar-refractivity contribution in [3.63, 3.8) is 0 Å². The van der Waals surface area contributed by atoms with Gasteiger partial charge >= 0.3 is 25.7 Å². The van der Waals surface area contributed by atoms with Crippen molar-refractivity contribution < 1.29 is 47.5 Å². The molecule has 0 amide bonds. The second kappa shape index (κ2) is 40.0. The van der Waals surface area contributed by atoms with Crippen molar-refractivity contribution in [2.24, 2.45) is 5.73 Å². The van der Waals surface area contributed by atoms with Gasteiger partial charge in [0.1, 0.15) is 12.6 Å². The lowest BCUT2D eigenvalue weighted by atomic mass is 10.0. The summed E-state index contributed by atoms with van der Waals surface area (Å²) in [6.07, 6.45) is 45.8. The fraction of sp³-hybridized carbons (Fsp3) is 0.711. The van der Waals surface area contributed by atoms with E-state index in [-0.39, 0.29) is 19.4 Å². The monoisotopic (exact) mass is 824 g/mol. The average Bonchev–Trinajstić information content (AvgIpc) is 3.19. The number of carbonyl (C=O) groups is 3. The first-order valence-corrected chi connectivity index (χ1v) is 23.3. The summed E-state index contributed by atoms with van der Waals surface area (Å²) in [5.74, 6) is -2.48. The number of aliphatic carboxylic acids is 1. The van der Waals surface area contributed by atoms with Crippen LogP contribution < -0.4 is 5.73 Å². The van der Waals surface area contributed by atoms with Gasteiger partial charge in [-0.25, -0.2) is 4.57 Å². The number of carboxylic acids is 1. The smallest absolute Gasteiger partial charge is 0.472 e. The molecule has 0 saturated carbocycles. The number of unbranched alkanes of at least 4 members (excludes halogenated alkanes) is 16. The number of carboxylic acid groups (broad SMARTS) is 1. The molecule has 0 aromatic rings. The topological polar surface area (TPSA) is 172 Å². The highest BCUT2D eigenvalue weighted by Gasteiger charge is 2.28. The maximum atomic E-state index is 12.6. The number of esters is 2. The normalized spacial score (nSPS) is 14.3. The van der Waals surface area contributed by atoms with Gasteiger partial charge in [0.25, 0.3) is 0 Å². The Morgan fingerprint density at radius 1 is 0.544 bits per heavy atom. The summed E-state index contributed by atoms with van der Waals surface area (Å²) in [7, 11) is -4.73. The lowest BCUT2D eigenvalue weighted by Gasteiger charge is -2.20. The maximum absolute atomic E-state index is 12.6. The number of ether oxygens (including phenoxy) is 2. The van der Waals surface area contributed by atoms with E-state index in [4.69, 9.17) is 24.8 Å². The van der Waals surface area contributed by atoms with Gasteiger partial charge in [0.05, 0.1) is 13.2 Å². The zero-order valence-electron chi connectivity index (χ0n) is 35.4. The maximum Gasteiger partial charge on any atom is 0.472 e. The zero-order valence-corrected chi connectivity index (χ0v) is 36.3. The largest absolute Gasteiger partial charge is 0.480 e. The lowest BCUT2D eigenvalue weighted by molar-refractivity contribution is -0.161. The van der Waals surface area contributed by atoms with Gasteiger partial charge in [-0.3, -0.25) is 23.4 Å². The van der Waals surface area contributed by atoms with Gasteiger partial charge in [0, 0.05) is 12.8 Å². The fourth-order valence-electron chi connectivity index (χ4n) is 5.58. The van der Waals surface area contributed by atoms with Crippen LogP contribution in [0.25, 0.3) is 0 Å². The third-order valence-corrected chi connectivity index (χ3v) is 9.98. The SMILES string of the molecule is CCCCC/C=C/C/C=C/C/C=C/C/C=C/C/C=C/CCC(=O)OC[C@@H](COP(=O)(O)OC[C@@H](N)C(=O)O)OC(=O)CCCCCCCCCCCCCCCC. The number of rotatable bonds is 40. The molecule has 0 aliphatic rings. The summed E-state index contributed by atoms with van der Waals surface area (Å²) >= 11 is 0. The van der Waals surface area contributed by atoms with E-state index in [9.17, 15) is 23.8 Å². The van der Waals surface area contributed by atoms with E-state index < -0.39 is 51.1 Å². The third kappa shape index (κ3) is 39.8. The fourth-order valence-corrected chi connectivity index (χ4v) is 6.35. The van der Waals surface area contributed by atoms with Crippen LogP contribution in [-0.4, -0.2) is 59.9 Å². The molecule has 1 unspecified atom stereocenters. The zero-order chi connectivity index (χ0) is 42.1. The van der Waals surface area contributed by atoms with Crippen LogP contribution in [0.5, 0.6) is 0 Å². The Kier molecular flexibility index (Phi) is 38.0. The highest BCUT2D eigenvalue weighted by Crippen LogP contribution is 2.43. The molecule has 0 heterocycles. The predicted molar refractivity (Wildman–Crippen MR) is 231 cm³/mol. The highest BCUT2D eigenvalue weighted by molar-refractivity contribution is 7.47. The summed E-state index contributed by atoms with van der Waals surface area (Å²) in [5, 5.41) is 8.88. The molecular formula is C45H78NO10P. The molecule has 0 aromatic carbocycles. The molecule has 57 heavy (non-hydrogen) atoms. The molecule has 0 spiro atoms. The Balaban J connectivity index is 4.48. The minimum atomic E-state index is -4.73. The number of hydrogen-bond acceptors (Lipinski definition) is 9. The van der Waals surface area contributed by atoms with E-state index >= 15 is 0 Å². The molecule has 0 fully saturated rings. The van der Waals surface area contributed by atoms with Crippen LogP contribution in [0.1, 0.15) is 174 Å². The Morgan fingerprint density at radius 2 is 0.965 bits per heavy atom. The van der Waals surface area contributed by atoms with Gasteiger partial charge in [0.15, 0.2) is 6.10 Å². The van der Waals surface area contributed by atoms with E-state index in [1.165, 1.54) is 89.9 Å². The molecule has 0 aliphatic heterocycles. The Labute approximate surface area is 345 Å². The quantitative estimate of drug-likeness (QED) is 0.0232. The van der Waals surface area contributed by atoms with Crippen molar-refractivity contribution in [1.29, 1.82) is 0 Å². The van der Waals surface area contributed by atoms with Crippen molar-refractivity contribution in [2.45, 2.75) is 187 Å². The van der Waals surface area contributed by atoms with Gasteiger partial charge in [0.2, 0.25) is 0 Å². The van der Waals surface area contributed by atoms with E-state index in [1.54, 1.807) is 0 Å². The van der Waals surface area contributed by atoms with Crippen LogP contribution in [-0.2, 0) is 37.5 Å². The molecule has 4 N–H and O–H groups in total. The lowest BCUT2D eigenvalue weighted by Crippen LogP contribution is -2.34. The number of hydrogen-bond donors (Lipinski definition) is 3. The summed E-state index contributed by atoms with van der Waals surface area (Å²) in [6.45, 7) is 2.70. The van der Waals surface area contributed by atoms with Gasteiger partial charge in [-0.15, -0.1) is 0 Å². The van der Waals surface area contributed by atoms with E-state index in [0.29, 0.717) is 12.8 Å². The number of allylic oxidation sites excluding steroid dienone is 10. The molecular weight excluding hydrogens is 745 g/mol. The van der Waals surface area contributed by atoms with E-state index in [2.05, 4.69) is 67.0 Å². The Morgan fingerprint density at radius 3 is 1.46 bits per heavy atom. The minimum absolute atomic E-state index is 0.0976. The molecule has 11 nitrogen and oxygen atoms in total. The summed E-state index contributed by atoms with van der Waals surface area (Å²) < 4.78 is 32.6. The minimum Gasteiger partial charge on any atom is -0.480 e. The molecule has 0 aliphatic carbocycles. The first-order chi connectivity index (χ1) is 27.6. The highest BCUT2D eigenvalue weighted by atomic mass is 31.2. The molecule has 328 valence electrons. The van der Waals surface area contributed by atoms with Gasteiger partial charge < -0.3 is 25.2 Å². The standard InChI is InChI=1S/C45H78NO10P/c1-3-5-7-9-11-13-15-17-19-20-21-22-23-25-26-28-30-32-34-36-43(47)53-38-41(39-54-57(51,52)55-40-42(46)45(49)50)56-44(48)37-35-33-31-29-27-24-18-16-14-12-10-8-6-4-2/h11,13,17,19,21-22,25-26,30,32,41-42H,3-10,12,14-16,18,20,23-24,27-29,31,33-40,46H2,1-2H3,(H,49,50)(H,51,52)/b13-11+,19-17+,22-21+,26-25+,32-30+/t41-,42+/m0/s1. The first kappa shape index (κ1) is 54.2. The number of carbonyl (C=O) groups excluding carboxylic acids is 2. The molecule has 12 heteroatoms. The van der Waals surface area contributed by atoms with E-state index in [0.717, 1.165) is 44.9 Å². The van der Waals surface area contributed by atoms with Crippen molar-refractivity contribution in [3.8, 4) is 0 Å². The second-order valence-electron chi connectivity index (χ2n) is 14.5. The van der Waals surface area contributed by atoms with Crippen LogP contribution in [0.4, 0.5) is 0 Å². The van der Waals surface area contributed by atoms with Crippen molar-refractivity contribution in [2.75, 3.05) is 19.8 Å². The third-order valence-electron chi connectivity index (χ3n) is 9.03. The summed E-state index contributed by atoms with van der Waals surface area (Å²) in [6, 6.07) is -1.53. The Bertz CT molecular complexity index is 1200. The van der Waals surface area contributed by atoms with Crippen molar-refractivity contribution >= 4 is 25.7 Å². The average molecular weight is 824 g/mol. The number of phosphoric ester groups is 1. The van der Waals surface area contributed by atoms with Crippen LogP contribution in [0.2, 0.25) is 0 Å². The summed E-state index contributed by atoms with van der Waals surface area (Å²) in [4.78, 5) is 45.9. The van der Waals surface area contributed by atoms with Gasteiger partial charge in [-0.05, 0) is 51.4 Å².